The van der Waals surface area contributed by atoms with Gasteiger partial charge in [0.2, 0.25) is 0 Å². The quantitative estimate of drug-likeness (QED) is 0.395. The molecule has 3 nitrogen and oxygen atoms in total. The Morgan fingerprint density at radius 2 is 1.00 bits per heavy atom. The summed E-state index contributed by atoms with van der Waals surface area (Å²) in [6, 6.07) is 17.4. The molecule has 0 heterocycles. The molecule has 2 saturated carbocycles. The summed E-state index contributed by atoms with van der Waals surface area (Å²) in [5.41, 5.74) is 3.79. The lowest BCUT2D eigenvalue weighted by molar-refractivity contribution is -0.0836. The van der Waals surface area contributed by atoms with Gasteiger partial charge in [-0.1, -0.05) is 75.2 Å². The van der Waals surface area contributed by atoms with Crippen LogP contribution in [0.2, 0.25) is 0 Å². The second-order valence-corrected chi connectivity index (χ2v) is 9.75. The van der Waals surface area contributed by atoms with Crippen LogP contribution in [0.25, 0.3) is 0 Å². The average Bonchev–Trinajstić information content (AvgIpc) is 3.46. The summed E-state index contributed by atoms with van der Waals surface area (Å²) in [7, 11) is 0. The summed E-state index contributed by atoms with van der Waals surface area (Å²) in [5.74, 6) is 0. The molecule has 2 aromatic carbocycles. The Bertz CT molecular complexity index is 796. The number of carbonyl (C=O) groups is 1. The van der Waals surface area contributed by atoms with Crippen LogP contribution in [-0.2, 0) is 33.5 Å². The zero-order valence-electron chi connectivity index (χ0n) is 19.8. The predicted octanol–water partition coefficient (Wildman–Crippen LogP) is 7.98. The van der Waals surface area contributed by atoms with E-state index >= 15 is 0 Å². The third-order valence-corrected chi connectivity index (χ3v) is 7.42. The first kappa shape index (κ1) is 22.9. The second kappa shape index (κ2) is 10.1. The van der Waals surface area contributed by atoms with Gasteiger partial charge in [-0.2, -0.15) is 0 Å². The highest BCUT2D eigenvalue weighted by molar-refractivity contribution is 5.62. The van der Waals surface area contributed by atoms with Crippen LogP contribution in [0, 0.1) is 0 Å². The average molecular weight is 435 g/mol. The fourth-order valence-electron chi connectivity index (χ4n) is 5.66. The van der Waals surface area contributed by atoms with E-state index in [1.807, 2.05) is 0 Å². The van der Waals surface area contributed by atoms with Gasteiger partial charge in [-0.3, -0.25) is 0 Å². The third kappa shape index (κ3) is 4.87. The summed E-state index contributed by atoms with van der Waals surface area (Å²) >= 11 is 0. The minimum Gasteiger partial charge on any atom is -0.423 e. The van der Waals surface area contributed by atoms with Crippen LogP contribution in [0.15, 0.2) is 48.5 Å². The summed E-state index contributed by atoms with van der Waals surface area (Å²) < 4.78 is 12.4. The van der Waals surface area contributed by atoms with Gasteiger partial charge in [-0.05, 0) is 86.5 Å². The SMILES string of the molecule is CCCc1ccc(C2(OC(=O)OC3(c4ccc(CCC)cc4)CCCC3)CCCC2)cc1. The molecule has 172 valence electrons. The Morgan fingerprint density at radius 1 is 0.656 bits per heavy atom. The molecular formula is C29H38O3. The van der Waals surface area contributed by atoms with Crippen LogP contribution in [-0.4, -0.2) is 6.16 Å². The maximum absolute atomic E-state index is 13.2. The van der Waals surface area contributed by atoms with Crippen molar-refractivity contribution in [3.63, 3.8) is 0 Å². The Kier molecular flexibility index (Phi) is 7.23. The molecule has 2 aromatic rings. The number of ether oxygens (including phenoxy) is 2. The molecule has 4 rings (SSSR count). The van der Waals surface area contributed by atoms with E-state index in [-0.39, 0.29) is 0 Å². The van der Waals surface area contributed by atoms with Gasteiger partial charge < -0.3 is 9.47 Å². The third-order valence-electron chi connectivity index (χ3n) is 7.42. The van der Waals surface area contributed by atoms with Crippen molar-refractivity contribution in [3.05, 3.63) is 70.8 Å². The molecule has 0 unspecified atom stereocenters. The second-order valence-electron chi connectivity index (χ2n) is 9.75. The number of benzene rings is 2. The van der Waals surface area contributed by atoms with Crippen molar-refractivity contribution in [2.24, 2.45) is 0 Å². The van der Waals surface area contributed by atoms with Crippen molar-refractivity contribution in [1.29, 1.82) is 0 Å². The van der Waals surface area contributed by atoms with Crippen LogP contribution < -0.4 is 0 Å². The number of hydrogen-bond donors (Lipinski definition) is 0. The van der Waals surface area contributed by atoms with Crippen LogP contribution >= 0.6 is 0 Å². The molecule has 0 bridgehead atoms. The minimum atomic E-state index is -0.549. The summed E-state index contributed by atoms with van der Waals surface area (Å²) in [5, 5.41) is 0. The molecule has 0 spiro atoms. The van der Waals surface area contributed by atoms with Crippen LogP contribution in [0.3, 0.4) is 0 Å². The smallest absolute Gasteiger partial charge is 0.423 e. The molecule has 0 amide bonds. The Labute approximate surface area is 193 Å². The fraction of sp³-hybridized carbons (Fsp3) is 0.552. The van der Waals surface area contributed by atoms with Gasteiger partial charge in [0, 0.05) is 0 Å². The Morgan fingerprint density at radius 3 is 1.31 bits per heavy atom. The molecular weight excluding hydrogens is 396 g/mol. The zero-order chi connectivity index (χ0) is 22.4. The number of rotatable bonds is 8. The molecule has 0 aromatic heterocycles. The number of hydrogen-bond acceptors (Lipinski definition) is 3. The van der Waals surface area contributed by atoms with Gasteiger partial charge in [0.15, 0.2) is 0 Å². The number of carbonyl (C=O) groups excluding carboxylic acids is 1. The van der Waals surface area contributed by atoms with Crippen molar-refractivity contribution in [3.8, 4) is 0 Å². The Hall–Kier alpha value is -2.29. The van der Waals surface area contributed by atoms with Crippen molar-refractivity contribution in [1.82, 2.24) is 0 Å². The molecule has 2 fully saturated rings. The van der Waals surface area contributed by atoms with Gasteiger partial charge in [0.25, 0.3) is 0 Å². The fourth-order valence-corrected chi connectivity index (χ4v) is 5.66. The van der Waals surface area contributed by atoms with Gasteiger partial charge in [0.05, 0.1) is 0 Å². The maximum Gasteiger partial charge on any atom is 0.510 e. The van der Waals surface area contributed by atoms with Crippen molar-refractivity contribution in [2.45, 2.75) is 102 Å². The Balaban J connectivity index is 1.51. The van der Waals surface area contributed by atoms with E-state index in [1.54, 1.807) is 0 Å². The van der Waals surface area contributed by atoms with Crippen LogP contribution in [0.4, 0.5) is 4.79 Å². The summed E-state index contributed by atoms with van der Waals surface area (Å²) in [6.45, 7) is 4.39. The van der Waals surface area contributed by atoms with E-state index in [4.69, 9.17) is 9.47 Å². The molecule has 3 heteroatoms. The molecule has 0 N–H and O–H groups in total. The highest BCUT2D eigenvalue weighted by Gasteiger charge is 2.44. The summed E-state index contributed by atoms with van der Waals surface area (Å²) in [4.78, 5) is 13.2. The predicted molar refractivity (Wildman–Crippen MR) is 129 cm³/mol. The molecule has 0 aliphatic heterocycles. The van der Waals surface area contributed by atoms with Gasteiger partial charge in [-0.25, -0.2) is 4.79 Å². The van der Waals surface area contributed by atoms with E-state index < -0.39 is 17.4 Å². The lowest BCUT2D eigenvalue weighted by Gasteiger charge is -2.34. The van der Waals surface area contributed by atoms with Crippen molar-refractivity contribution < 1.29 is 14.3 Å². The normalized spacial score (nSPS) is 19.1. The van der Waals surface area contributed by atoms with E-state index in [9.17, 15) is 4.79 Å². The van der Waals surface area contributed by atoms with E-state index in [0.717, 1.165) is 88.2 Å². The van der Waals surface area contributed by atoms with Gasteiger partial charge >= 0.3 is 6.16 Å². The maximum atomic E-state index is 13.2. The molecule has 0 radical (unpaired) electrons. The lowest BCUT2D eigenvalue weighted by Crippen LogP contribution is -2.35. The molecule has 2 aliphatic carbocycles. The lowest BCUT2D eigenvalue weighted by atomic mass is 9.90. The first-order valence-electron chi connectivity index (χ1n) is 12.7. The highest BCUT2D eigenvalue weighted by atomic mass is 16.7. The molecule has 2 aliphatic rings. The highest BCUT2D eigenvalue weighted by Crippen LogP contribution is 2.46. The van der Waals surface area contributed by atoms with Crippen molar-refractivity contribution in [2.75, 3.05) is 0 Å². The van der Waals surface area contributed by atoms with Crippen molar-refractivity contribution >= 4 is 6.16 Å². The topological polar surface area (TPSA) is 35.5 Å². The molecule has 0 atom stereocenters. The van der Waals surface area contributed by atoms with E-state index in [0.29, 0.717) is 0 Å². The van der Waals surface area contributed by atoms with Crippen LogP contribution in [0.1, 0.15) is 100 Å². The molecule has 32 heavy (non-hydrogen) atoms. The zero-order valence-corrected chi connectivity index (χ0v) is 19.8. The van der Waals surface area contributed by atoms with Gasteiger partial charge in [-0.15, -0.1) is 0 Å². The minimum absolute atomic E-state index is 0.510. The monoisotopic (exact) mass is 434 g/mol. The number of aryl methyl sites for hydroxylation is 2. The standard InChI is InChI=1S/C29H38O3/c1-3-9-23-11-15-25(16-12-23)28(19-5-6-20-28)31-27(30)32-29(21-7-8-22-29)26-17-13-24(10-4-2)14-18-26/h11-18H,3-10,19-22H2,1-2H3. The van der Waals surface area contributed by atoms with Gasteiger partial charge in [0.1, 0.15) is 11.2 Å². The van der Waals surface area contributed by atoms with E-state index in [1.165, 1.54) is 11.1 Å². The first-order valence-corrected chi connectivity index (χ1v) is 12.7. The summed E-state index contributed by atoms with van der Waals surface area (Å²) in [6.07, 6.45) is 11.7. The van der Waals surface area contributed by atoms with E-state index in [2.05, 4.69) is 62.4 Å². The first-order chi connectivity index (χ1) is 15.6. The van der Waals surface area contributed by atoms with Crippen LogP contribution in [0.5, 0.6) is 0 Å². The molecule has 0 saturated heterocycles. The largest absolute Gasteiger partial charge is 0.510 e.